The van der Waals surface area contributed by atoms with Crippen molar-refractivity contribution in [3.8, 4) is 28.7 Å². The molecular weight excluding hydrogens is 388 g/mol. The molecule has 0 saturated carbocycles. The molecule has 2 aromatic rings. The molecule has 0 radical (unpaired) electrons. The smallest absolute Gasteiger partial charge is 0.306 e. The number of ether oxygens (including phenoxy) is 4. The van der Waals surface area contributed by atoms with Crippen molar-refractivity contribution in [1.82, 2.24) is 0 Å². The maximum atomic E-state index is 12.6. The zero-order chi connectivity index (χ0) is 20.5. The van der Waals surface area contributed by atoms with Crippen LogP contribution in [0, 0.1) is 0 Å². The second kappa shape index (κ2) is 7.43. The molecule has 1 aliphatic rings. The number of methoxy groups -OCH3 is 3. The van der Waals surface area contributed by atoms with Crippen LogP contribution in [0.2, 0.25) is 0 Å². The van der Waals surface area contributed by atoms with Crippen molar-refractivity contribution in [2.24, 2.45) is 0 Å². The zero-order valence-corrected chi connectivity index (χ0v) is 16.5. The molecule has 9 heteroatoms. The van der Waals surface area contributed by atoms with Gasteiger partial charge in [-0.15, -0.1) is 0 Å². The molecule has 1 aliphatic heterocycles. The van der Waals surface area contributed by atoms with Crippen LogP contribution in [0.5, 0.6) is 28.7 Å². The third-order valence-electron chi connectivity index (χ3n) is 3.91. The molecule has 8 nitrogen and oxygen atoms in total. The van der Waals surface area contributed by atoms with Crippen molar-refractivity contribution in [2.45, 2.75) is 0 Å². The van der Waals surface area contributed by atoms with Crippen LogP contribution >= 0.6 is 0 Å². The van der Waals surface area contributed by atoms with E-state index in [4.69, 9.17) is 23.1 Å². The third-order valence-corrected chi connectivity index (χ3v) is 4.41. The summed E-state index contributed by atoms with van der Waals surface area (Å²) >= 11 is 0. The van der Waals surface area contributed by atoms with E-state index in [0.717, 1.165) is 6.26 Å². The van der Waals surface area contributed by atoms with Crippen molar-refractivity contribution in [3.63, 3.8) is 0 Å². The van der Waals surface area contributed by atoms with E-state index in [1.807, 2.05) is 0 Å². The number of rotatable bonds is 6. The molecule has 1 heterocycles. The van der Waals surface area contributed by atoms with Crippen LogP contribution in [0.4, 0.5) is 0 Å². The molecule has 2 aromatic carbocycles. The molecule has 0 saturated heterocycles. The van der Waals surface area contributed by atoms with Crippen molar-refractivity contribution >= 4 is 22.0 Å². The highest BCUT2D eigenvalue weighted by Gasteiger charge is 2.29. The predicted molar refractivity (Wildman–Crippen MR) is 101 cm³/mol. The first-order chi connectivity index (χ1) is 13.3. The molecule has 0 bridgehead atoms. The lowest BCUT2D eigenvalue weighted by atomic mass is 10.1. The Labute approximate surface area is 162 Å². The summed E-state index contributed by atoms with van der Waals surface area (Å²) in [5.41, 5.74) is 0.843. The standard InChI is InChI=1S/C19H18O8S/c1-23-14-8-5-11(18(24-2)19(14)25-3)9-16-17(20)13-7-6-12(10-15(13)26-16)27-28(4,21)22/h5-10H,1-4H3. The van der Waals surface area contributed by atoms with Gasteiger partial charge in [-0.05, 0) is 30.3 Å². The van der Waals surface area contributed by atoms with Crippen LogP contribution < -0.4 is 23.1 Å². The van der Waals surface area contributed by atoms with Crippen molar-refractivity contribution in [3.05, 3.63) is 47.2 Å². The van der Waals surface area contributed by atoms with Crippen LogP contribution in [0.25, 0.3) is 6.08 Å². The van der Waals surface area contributed by atoms with Gasteiger partial charge in [-0.1, -0.05) is 0 Å². The first kappa shape index (κ1) is 19.6. The average Bonchev–Trinajstić information content (AvgIpc) is 2.94. The van der Waals surface area contributed by atoms with Gasteiger partial charge in [-0.3, -0.25) is 4.79 Å². The van der Waals surface area contributed by atoms with Gasteiger partial charge in [-0.2, -0.15) is 8.42 Å². The number of hydrogen-bond acceptors (Lipinski definition) is 8. The molecule has 0 aromatic heterocycles. The second-order valence-corrected chi connectivity index (χ2v) is 7.38. The molecule has 3 rings (SSSR count). The Morgan fingerprint density at radius 2 is 1.68 bits per heavy atom. The van der Waals surface area contributed by atoms with Gasteiger partial charge in [0, 0.05) is 11.6 Å². The van der Waals surface area contributed by atoms with Crippen LogP contribution in [0.3, 0.4) is 0 Å². The molecule has 0 N–H and O–H groups in total. The van der Waals surface area contributed by atoms with Gasteiger partial charge in [0.15, 0.2) is 17.3 Å². The van der Waals surface area contributed by atoms with E-state index in [-0.39, 0.29) is 23.0 Å². The molecule has 0 unspecified atom stereocenters. The minimum absolute atomic E-state index is 0.0528. The maximum absolute atomic E-state index is 12.6. The lowest BCUT2D eigenvalue weighted by Crippen LogP contribution is -2.05. The summed E-state index contributed by atoms with van der Waals surface area (Å²) in [4.78, 5) is 12.6. The first-order valence-electron chi connectivity index (χ1n) is 8.04. The van der Waals surface area contributed by atoms with Crippen LogP contribution in [0.15, 0.2) is 36.1 Å². The van der Waals surface area contributed by atoms with Gasteiger partial charge in [0.1, 0.15) is 11.5 Å². The monoisotopic (exact) mass is 406 g/mol. The summed E-state index contributed by atoms with van der Waals surface area (Å²) in [7, 11) is 0.767. The maximum Gasteiger partial charge on any atom is 0.306 e. The van der Waals surface area contributed by atoms with E-state index in [0.29, 0.717) is 28.4 Å². The molecular formula is C19H18O8S. The highest BCUT2D eigenvalue weighted by Crippen LogP contribution is 2.42. The predicted octanol–water partition coefficient (Wildman–Crippen LogP) is 2.67. The average molecular weight is 406 g/mol. The Bertz CT molecular complexity index is 1070. The Morgan fingerprint density at radius 3 is 2.29 bits per heavy atom. The number of Topliss-reactive ketones (excluding diaryl/α,β-unsaturated/α-hetero) is 1. The normalized spacial score (nSPS) is 14.4. The topological polar surface area (TPSA) is 97.4 Å². The van der Waals surface area contributed by atoms with Gasteiger partial charge in [0.2, 0.25) is 11.5 Å². The van der Waals surface area contributed by atoms with Crippen molar-refractivity contribution < 1.29 is 36.3 Å². The summed E-state index contributed by atoms with van der Waals surface area (Å²) in [6.45, 7) is 0. The van der Waals surface area contributed by atoms with E-state index >= 15 is 0 Å². The number of carbonyl (C=O) groups excluding carboxylic acids is 1. The fourth-order valence-electron chi connectivity index (χ4n) is 2.77. The number of ketones is 1. The van der Waals surface area contributed by atoms with E-state index in [1.54, 1.807) is 12.1 Å². The summed E-state index contributed by atoms with van der Waals surface area (Å²) in [6.07, 6.45) is 2.45. The summed E-state index contributed by atoms with van der Waals surface area (Å²) in [5.74, 6) is 1.20. The molecule has 0 fully saturated rings. The minimum atomic E-state index is -3.69. The largest absolute Gasteiger partial charge is 0.493 e. The summed E-state index contributed by atoms with van der Waals surface area (Å²) in [6, 6.07) is 7.57. The zero-order valence-electron chi connectivity index (χ0n) is 15.6. The Balaban J connectivity index is 1.99. The van der Waals surface area contributed by atoms with E-state index < -0.39 is 10.1 Å². The first-order valence-corrected chi connectivity index (χ1v) is 9.85. The third kappa shape index (κ3) is 3.74. The van der Waals surface area contributed by atoms with Crippen molar-refractivity contribution in [1.29, 1.82) is 0 Å². The highest BCUT2D eigenvalue weighted by atomic mass is 32.2. The molecule has 148 valence electrons. The summed E-state index contributed by atoms with van der Waals surface area (Å²) < 4.78 is 49.0. The van der Waals surface area contributed by atoms with Gasteiger partial charge in [-0.25, -0.2) is 0 Å². The fraction of sp³-hybridized carbons (Fsp3) is 0.211. The Hall–Kier alpha value is -3.20. The van der Waals surface area contributed by atoms with E-state index in [2.05, 4.69) is 0 Å². The SMILES string of the molecule is COc1ccc(C=C2Oc3cc(OS(C)(=O)=O)ccc3C2=O)c(OC)c1OC. The Kier molecular flexibility index (Phi) is 5.19. The van der Waals surface area contributed by atoms with Gasteiger partial charge in [0.25, 0.3) is 0 Å². The number of hydrogen-bond donors (Lipinski definition) is 0. The Morgan fingerprint density at radius 1 is 0.964 bits per heavy atom. The van der Waals surface area contributed by atoms with E-state index in [1.165, 1.54) is 45.6 Å². The molecule has 0 spiro atoms. The number of allylic oxidation sites excluding steroid dienone is 1. The molecule has 0 atom stereocenters. The molecule has 0 amide bonds. The molecule has 28 heavy (non-hydrogen) atoms. The van der Waals surface area contributed by atoms with Crippen LogP contribution in [0.1, 0.15) is 15.9 Å². The lowest BCUT2D eigenvalue weighted by molar-refractivity contribution is 0.101. The summed E-state index contributed by atoms with van der Waals surface area (Å²) in [5, 5.41) is 0. The van der Waals surface area contributed by atoms with Crippen LogP contribution in [-0.4, -0.2) is 41.8 Å². The fourth-order valence-corrected chi connectivity index (χ4v) is 3.23. The van der Waals surface area contributed by atoms with Crippen molar-refractivity contribution in [2.75, 3.05) is 27.6 Å². The van der Waals surface area contributed by atoms with E-state index in [9.17, 15) is 13.2 Å². The highest BCUT2D eigenvalue weighted by molar-refractivity contribution is 7.86. The number of carbonyl (C=O) groups is 1. The molecule has 0 aliphatic carbocycles. The van der Waals surface area contributed by atoms with Gasteiger partial charge in [0.05, 0.1) is 33.1 Å². The van der Waals surface area contributed by atoms with Gasteiger partial charge >= 0.3 is 10.1 Å². The van der Waals surface area contributed by atoms with Gasteiger partial charge < -0.3 is 23.1 Å². The minimum Gasteiger partial charge on any atom is -0.493 e. The van der Waals surface area contributed by atoms with Crippen LogP contribution in [-0.2, 0) is 10.1 Å². The second-order valence-electron chi connectivity index (χ2n) is 5.81. The number of benzene rings is 2. The number of fused-ring (bicyclic) bond motifs is 1. The quantitative estimate of drug-likeness (QED) is 0.534. The lowest BCUT2D eigenvalue weighted by Gasteiger charge is -2.14.